The molecule has 0 saturated heterocycles. The van der Waals surface area contributed by atoms with Crippen molar-refractivity contribution in [2.45, 2.75) is 40.3 Å². The van der Waals surface area contributed by atoms with Gasteiger partial charge in [-0.3, -0.25) is 0 Å². The maximum atomic E-state index is 11.3. The molecular weight excluding hydrogens is 190 g/mol. The summed E-state index contributed by atoms with van der Waals surface area (Å²) < 4.78 is 4.96. The van der Waals surface area contributed by atoms with Gasteiger partial charge in [-0.05, 0) is 20.3 Å². The van der Waals surface area contributed by atoms with Gasteiger partial charge in [-0.15, -0.1) is 0 Å². The van der Waals surface area contributed by atoms with Crippen LogP contribution in [0.1, 0.15) is 34.1 Å². The Balaban J connectivity index is 0. The predicted molar refractivity (Wildman–Crippen MR) is 47.1 cm³/mol. The Hall–Kier alpha value is -0.540. The monoisotopic (exact) mass is 207 g/mol. The molecule has 0 aromatic rings. The highest BCUT2D eigenvalue weighted by atomic mass is 35.5. The van der Waals surface area contributed by atoms with Crippen LogP contribution in [0.4, 0.5) is 0 Å². The number of esters is 1. The third kappa shape index (κ3) is 5.66. The number of quaternary nitrogens is 1. The van der Waals surface area contributed by atoms with Gasteiger partial charge in [0.15, 0.2) is 0 Å². The number of carbonyl (C=O) groups excluding carboxylic acids is 1. The zero-order valence-corrected chi connectivity index (χ0v) is 9.44. The smallest absolute Gasteiger partial charge is 0.338 e. The highest BCUT2D eigenvalue weighted by Crippen LogP contribution is 2.09. The van der Waals surface area contributed by atoms with Gasteiger partial charge in [0.05, 0.1) is 0 Å². The summed E-state index contributed by atoms with van der Waals surface area (Å²) in [7, 11) is 0. The maximum Gasteiger partial charge on any atom is 0.338 e. The van der Waals surface area contributed by atoms with Crippen LogP contribution >= 0.6 is 0 Å². The second-order valence-electron chi connectivity index (χ2n) is 3.05. The van der Waals surface area contributed by atoms with E-state index >= 15 is 0 Å². The second kappa shape index (κ2) is 6.92. The van der Waals surface area contributed by atoms with Gasteiger partial charge in [-0.2, -0.15) is 0 Å². The molecule has 3 nitrogen and oxygen atoms in total. The molecule has 0 saturated carbocycles. The fourth-order valence-corrected chi connectivity index (χ4v) is 0.956. The molecule has 13 heavy (non-hydrogen) atoms. The van der Waals surface area contributed by atoms with Gasteiger partial charge >= 0.3 is 5.97 Å². The van der Waals surface area contributed by atoms with Crippen LogP contribution in [-0.2, 0) is 9.53 Å². The van der Waals surface area contributed by atoms with E-state index in [-0.39, 0.29) is 24.6 Å². The molecule has 78 valence electrons. The maximum absolute atomic E-state index is 11.3. The van der Waals surface area contributed by atoms with Crippen LogP contribution in [0.25, 0.3) is 0 Å². The molecule has 0 aliphatic heterocycles. The topological polar surface area (TPSA) is 53.9 Å². The molecule has 0 aromatic carbocycles. The first-order chi connectivity index (χ1) is 5.49. The zero-order valence-electron chi connectivity index (χ0n) is 8.69. The summed E-state index contributed by atoms with van der Waals surface area (Å²) in [4.78, 5) is 11.3. The van der Waals surface area contributed by atoms with Crippen LogP contribution in [-0.4, -0.2) is 12.2 Å². The van der Waals surface area contributed by atoms with Gasteiger partial charge in [-0.1, -0.05) is 12.5 Å². The fourth-order valence-electron chi connectivity index (χ4n) is 0.956. The molecule has 0 radical (unpaired) electrons. The Morgan fingerprint density at radius 1 is 1.46 bits per heavy atom. The quantitative estimate of drug-likeness (QED) is 0.327. The first kappa shape index (κ1) is 15.0. The minimum Gasteiger partial charge on any atom is -1.00 e. The molecule has 0 bridgehead atoms. The normalized spacial score (nSPS) is 11.2. The van der Waals surface area contributed by atoms with Crippen LogP contribution in [0.2, 0.25) is 0 Å². The lowest BCUT2D eigenvalue weighted by molar-refractivity contribution is -0.473. The summed E-state index contributed by atoms with van der Waals surface area (Å²) >= 11 is 0. The highest BCUT2D eigenvalue weighted by molar-refractivity contribution is 5.89. The van der Waals surface area contributed by atoms with Gasteiger partial charge in [0.2, 0.25) is 6.23 Å². The molecule has 0 amide bonds. The minimum atomic E-state index is -0.279. The molecule has 1 unspecified atom stereocenters. The van der Waals surface area contributed by atoms with E-state index in [1.165, 1.54) is 0 Å². The molecule has 4 heteroatoms. The van der Waals surface area contributed by atoms with Gasteiger partial charge in [-0.25, -0.2) is 4.79 Å². The van der Waals surface area contributed by atoms with Crippen LogP contribution in [0, 0.1) is 0 Å². The highest BCUT2D eigenvalue weighted by Gasteiger charge is 2.12. The largest absolute Gasteiger partial charge is 1.00 e. The van der Waals surface area contributed by atoms with Crippen molar-refractivity contribution in [3.63, 3.8) is 0 Å². The SMILES string of the molecule is CCC(C(=O)OC(C)[NH3+])=C(C)C.[Cl-]. The molecule has 0 aromatic heterocycles. The average molecular weight is 208 g/mol. The van der Waals surface area contributed by atoms with Crippen molar-refractivity contribution in [3.8, 4) is 0 Å². The number of hydrogen-bond donors (Lipinski definition) is 1. The van der Waals surface area contributed by atoms with E-state index in [1.807, 2.05) is 20.8 Å². The number of allylic oxidation sites excluding steroid dienone is 1. The van der Waals surface area contributed by atoms with Crippen molar-refractivity contribution in [1.82, 2.24) is 0 Å². The van der Waals surface area contributed by atoms with Gasteiger partial charge < -0.3 is 22.9 Å². The third-order valence-electron chi connectivity index (χ3n) is 1.51. The van der Waals surface area contributed by atoms with Crippen LogP contribution in [0.5, 0.6) is 0 Å². The Kier molecular flexibility index (Phi) is 7.96. The molecule has 0 aliphatic rings. The molecule has 0 spiro atoms. The van der Waals surface area contributed by atoms with E-state index in [9.17, 15) is 4.79 Å². The fraction of sp³-hybridized carbons (Fsp3) is 0.667. The van der Waals surface area contributed by atoms with Crippen molar-refractivity contribution in [2.75, 3.05) is 0 Å². The summed E-state index contributed by atoms with van der Waals surface area (Å²) in [5.74, 6) is -0.236. The van der Waals surface area contributed by atoms with E-state index in [2.05, 4.69) is 5.73 Å². The number of hydrogen-bond acceptors (Lipinski definition) is 2. The first-order valence-electron chi connectivity index (χ1n) is 4.19. The van der Waals surface area contributed by atoms with Crippen molar-refractivity contribution in [2.24, 2.45) is 0 Å². The van der Waals surface area contributed by atoms with E-state index < -0.39 is 0 Å². The summed E-state index contributed by atoms with van der Waals surface area (Å²) in [6.45, 7) is 7.51. The molecule has 0 rings (SSSR count). The van der Waals surface area contributed by atoms with E-state index in [0.717, 1.165) is 11.1 Å². The lowest BCUT2D eigenvalue weighted by Gasteiger charge is -2.08. The molecule has 0 aliphatic carbocycles. The second-order valence-corrected chi connectivity index (χ2v) is 3.05. The van der Waals surface area contributed by atoms with Gasteiger partial charge in [0, 0.05) is 12.5 Å². The average Bonchev–Trinajstić information content (AvgIpc) is 1.85. The Morgan fingerprint density at radius 3 is 2.15 bits per heavy atom. The number of ether oxygens (including phenoxy) is 1. The minimum absolute atomic E-state index is 0. The Labute approximate surface area is 85.7 Å². The lowest BCUT2D eigenvalue weighted by Crippen LogP contribution is -3.00. The van der Waals surface area contributed by atoms with Gasteiger partial charge in [0.25, 0.3) is 0 Å². The molecule has 3 N–H and O–H groups in total. The standard InChI is InChI=1S/C9H17NO2.ClH/c1-5-8(6(2)3)9(11)12-7(4)10;/h7H,5,10H2,1-4H3;1H. The zero-order chi connectivity index (χ0) is 9.72. The first-order valence-corrected chi connectivity index (χ1v) is 4.19. The lowest BCUT2D eigenvalue weighted by atomic mass is 10.1. The summed E-state index contributed by atoms with van der Waals surface area (Å²) in [6.07, 6.45) is 0.437. The molecular formula is C9H18ClNO2. The molecule has 1 atom stereocenters. The van der Waals surface area contributed by atoms with Gasteiger partial charge in [0.1, 0.15) is 0 Å². The molecule has 0 fully saturated rings. The summed E-state index contributed by atoms with van der Waals surface area (Å²) in [5.41, 5.74) is 5.36. The predicted octanol–water partition coefficient (Wildman–Crippen LogP) is -2.13. The van der Waals surface area contributed by atoms with E-state index in [4.69, 9.17) is 4.74 Å². The molecule has 0 heterocycles. The van der Waals surface area contributed by atoms with Crippen molar-refractivity contribution >= 4 is 5.97 Å². The van der Waals surface area contributed by atoms with E-state index in [1.54, 1.807) is 6.92 Å². The number of rotatable bonds is 3. The van der Waals surface area contributed by atoms with Crippen molar-refractivity contribution in [1.29, 1.82) is 0 Å². The van der Waals surface area contributed by atoms with Crippen molar-refractivity contribution < 1.29 is 27.7 Å². The van der Waals surface area contributed by atoms with Crippen LogP contribution in [0.15, 0.2) is 11.1 Å². The summed E-state index contributed by atoms with van der Waals surface area (Å²) in [5, 5.41) is 0. The van der Waals surface area contributed by atoms with Crippen LogP contribution < -0.4 is 18.1 Å². The Morgan fingerprint density at radius 2 is 1.92 bits per heavy atom. The van der Waals surface area contributed by atoms with Crippen LogP contribution in [0.3, 0.4) is 0 Å². The summed E-state index contributed by atoms with van der Waals surface area (Å²) in [6, 6.07) is 0. The number of halogens is 1. The number of carbonyl (C=O) groups is 1. The third-order valence-corrected chi connectivity index (χ3v) is 1.51. The van der Waals surface area contributed by atoms with Crippen molar-refractivity contribution in [3.05, 3.63) is 11.1 Å². The Bertz CT molecular complexity index is 196. The van der Waals surface area contributed by atoms with E-state index in [0.29, 0.717) is 6.42 Å².